The molecule has 0 saturated carbocycles. The first-order chi connectivity index (χ1) is 19.8. The van der Waals surface area contributed by atoms with Crippen molar-refractivity contribution in [1.29, 1.82) is 0 Å². The van der Waals surface area contributed by atoms with Crippen molar-refractivity contribution in [2.75, 3.05) is 0 Å². The molecule has 0 N–H and O–H groups in total. The number of aromatic nitrogens is 2. The number of furan rings is 1. The van der Waals surface area contributed by atoms with Crippen molar-refractivity contribution in [2.45, 2.75) is 38.5 Å². The fourth-order valence-corrected chi connectivity index (χ4v) is 6.67. The highest BCUT2D eigenvalue weighted by Crippen LogP contribution is 2.54. The second-order valence-electron chi connectivity index (χ2n) is 12.3. The SMILES string of the molecule is CC1(C)c2ccccc2-c2cc(-c3nc4ccccc4nc3-c3ccc4c(c3)oc3ccccc34)ccc2C1(C)C. The van der Waals surface area contributed by atoms with Crippen molar-refractivity contribution >= 4 is 33.0 Å². The van der Waals surface area contributed by atoms with E-state index in [1.807, 2.05) is 36.4 Å². The highest BCUT2D eigenvalue weighted by Gasteiger charge is 2.45. The third-order valence-electron chi connectivity index (χ3n) is 9.64. The molecule has 8 rings (SSSR count). The third-order valence-corrected chi connectivity index (χ3v) is 9.64. The number of hydrogen-bond donors (Lipinski definition) is 0. The van der Waals surface area contributed by atoms with Crippen molar-refractivity contribution in [3.8, 4) is 33.6 Å². The van der Waals surface area contributed by atoms with Gasteiger partial charge in [-0.3, -0.25) is 0 Å². The third kappa shape index (κ3) is 3.39. The molecule has 0 saturated heterocycles. The van der Waals surface area contributed by atoms with E-state index in [1.54, 1.807) is 0 Å². The number of para-hydroxylation sites is 3. The van der Waals surface area contributed by atoms with E-state index in [0.717, 1.165) is 55.5 Å². The maximum Gasteiger partial charge on any atom is 0.136 e. The van der Waals surface area contributed by atoms with Gasteiger partial charge in [-0.2, -0.15) is 0 Å². The van der Waals surface area contributed by atoms with E-state index in [1.165, 1.54) is 22.3 Å². The van der Waals surface area contributed by atoms with Crippen LogP contribution in [0.25, 0.3) is 66.6 Å². The van der Waals surface area contributed by atoms with Gasteiger partial charge in [0.1, 0.15) is 11.2 Å². The summed E-state index contributed by atoms with van der Waals surface area (Å²) in [6.45, 7) is 9.46. The summed E-state index contributed by atoms with van der Waals surface area (Å²) < 4.78 is 6.26. The van der Waals surface area contributed by atoms with Gasteiger partial charge in [-0.05, 0) is 69.5 Å². The molecule has 5 aromatic carbocycles. The average Bonchev–Trinajstić information content (AvgIpc) is 3.37. The van der Waals surface area contributed by atoms with Gasteiger partial charge in [0.15, 0.2) is 0 Å². The molecule has 41 heavy (non-hydrogen) atoms. The minimum atomic E-state index is -0.0422. The highest BCUT2D eigenvalue weighted by molar-refractivity contribution is 6.06. The molecule has 0 aliphatic heterocycles. The Bertz CT molecular complexity index is 2170. The van der Waals surface area contributed by atoms with Gasteiger partial charge in [-0.1, -0.05) is 100 Å². The van der Waals surface area contributed by atoms with Crippen LogP contribution in [0.4, 0.5) is 0 Å². The zero-order valence-corrected chi connectivity index (χ0v) is 23.7. The van der Waals surface area contributed by atoms with Crippen LogP contribution in [-0.4, -0.2) is 9.97 Å². The van der Waals surface area contributed by atoms with E-state index < -0.39 is 0 Å². The van der Waals surface area contributed by atoms with Gasteiger partial charge in [-0.15, -0.1) is 0 Å². The Morgan fingerprint density at radius 2 is 1.05 bits per heavy atom. The molecular weight excluding hydrogens is 500 g/mol. The smallest absolute Gasteiger partial charge is 0.136 e. The predicted octanol–water partition coefficient (Wildman–Crippen LogP) is 10.1. The summed E-state index contributed by atoms with van der Waals surface area (Å²) in [5.74, 6) is 0. The molecule has 0 bridgehead atoms. The van der Waals surface area contributed by atoms with Gasteiger partial charge in [0.25, 0.3) is 0 Å². The number of rotatable bonds is 2. The molecule has 3 heteroatoms. The van der Waals surface area contributed by atoms with Gasteiger partial charge >= 0.3 is 0 Å². The molecule has 2 heterocycles. The first-order valence-electron chi connectivity index (χ1n) is 14.3. The quantitative estimate of drug-likeness (QED) is 0.223. The zero-order chi connectivity index (χ0) is 27.9. The Hall–Kier alpha value is -4.76. The van der Waals surface area contributed by atoms with E-state index >= 15 is 0 Å². The summed E-state index contributed by atoms with van der Waals surface area (Å²) >= 11 is 0. The van der Waals surface area contributed by atoms with Crippen LogP contribution in [0.5, 0.6) is 0 Å². The summed E-state index contributed by atoms with van der Waals surface area (Å²) in [6.07, 6.45) is 0. The standard InChI is InChI=1S/C38H30N2O/c1-37(2)29-13-7-5-11-25(29)28-21-23(18-20-30(28)38(37,3)4)35-36(40-32-15-9-8-14-31(32)39-35)24-17-19-27-26-12-6-10-16-33(26)41-34(27)22-24/h5-22H,1-4H3. The van der Waals surface area contributed by atoms with Gasteiger partial charge < -0.3 is 4.42 Å². The Labute approximate surface area is 239 Å². The molecule has 7 aromatic rings. The van der Waals surface area contributed by atoms with E-state index in [-0.39, 0.29) is 10.8 Å². The van der Waals surface area contributed by atoms with Gasteiger partial charge in [0, 0.05) is 21.9 Å². The summed E-state index contributed by atoms with van der Waals surface area (Å²) in [7, 11) is 0. The van der Waals surface area contributed by atoms with E-state index in [9.17, 15) is 0 Å². The lowest BCUT2D eigenvalue weighted by Gasteiger charge is -2.48. The molecule has 0 spiro atoms. The highest BCUT2D eigenvalue weighted by atomic mass is 16.3. The number of nitrogens with zero attached hydrogens (tertiary/aromatic N) is 2. The summed E-state index contributed by atoms with van der Waals surface area (Å²) in [4.78, 5) is 10.4. The lowest BCUT2D eigenvalue weighted by molar-refractivity contribution is 0.299. The minimum Gasteiger partial charge on any atom is -0.456 e. The molecule has 0 amide bonds. The number of hydrogen-bond acceptors (Lipinski definition) is 3. The normalized spacial score (nSPS) is 15.2. The molecule has 198 valence electrons. The lowest BCUT2D eigenvalue weighted by atomic mass is 9.55. The van der Waals surface area contributed by atoms with Crippen LogP contribution in [0.15, 0.2) is 114 Å². The monoisotopic (exact) mass is 530 g/mol. The molecule has 2 aromatic heterocycles. The Kier molecular flexibility index (Phi) is 4.92. The fourth-order valence-electron chi connectivity index (χ4n) is 6.67. The number of benzene rings is 5. The van der Waals surface area contributed by atoms with Crippen LogP contribution in [0.1, 0.15) is 38.8 Å². The van der Waals surface area contributed by atoms with E-state index in [2.05, 4.69) is 100 Å². The zero-order valence-electron chi connectivity index (χ0n) is 23.7. The van der Waals surface area contributed by atoms with Crippen molar-refractivity contribution in [3.05, 3.63) is 120 Å². The summed E-state index contributed by atoms with van der Waals surface area (Å²) in [5, 5.41) is 2.23. The van der Waals surface area contributed by atoms with E-state index in [0.29, 0.717) is 0 Å². The van der Waals surface area contributed by atoms with Crippen molar-refractivity contribution in [2.24, 2.45) is 0 Å². The Morgan fingerprint density at radius 1 is 0.488 bits per heavy atom. The molecule has 3 nitrogen and oxygen atoms in total. The summed E-state index contributed by atoms with van der Waals surface area (Å²) in [5.41, 5.74) is 12.6. The maximum atomic E-state index is 6.26. The molecule has 1 aliphatic carbocycles. The first kappa shape index (κ1) is 24.1. The minimum absolute atomic E-state index is 0.00593. The van der Waals surface area contributed by atoms with Crippen LogP contribution >= 0.6 is 0 Å². The molecule has 0 fully saturated rings. The number of fused-ring (bicyclic) bond motifs is 7. The molecular formula is C38H30N2O. The van der Waals surface area contributed by atoms with Gasteiger partial charge in [0.2, 0.25) is 0 Å². The molecule has 0 unspecified atom stereocenters. The van der Waals surface area contributed by atoms with Gasteiger partial charge in [-0.25, -0.2) is 9.97 Å². The van der Waals surface area contributed by atoms with Crippen LogP contribution in [0.2, 0.25) is 0 Å². The van der Waals surface area contributed by atoms with Crippen LogP contribution in [-0.2, 0) is 10.8 Å². The second kappa shape index (κ2) is 8.37. The predicted molar refractivity (Wildman–Crippen MR) is 169 cm³/mol. The molecule has 0 radical (unpaired) electrons. The largest absolute Gasteiger partial charge is 0.456 e. The Balaban J connectivity index is 1.38. The van der Waals surface area contributed by atoms with Crippen LogP contribution in [0.3, 0.4) is 0 Å². The first-order valence-corrected chi connectivity index (χ1v) is 14.3. The van der Waals surface area contributed by atoms with Gasteiger partial charge in [0.05, 0.1) is 22.4 Å². The average molecular weight is 531 g/mol. The maximum absolute atomic E-state index is 6.26. The lowest BCUT2D eigenvalue weighted by Crippen LogP contribution is -2.43. The van der Waals surface area contributed by atoms with E-state index in [4.69, 9.17) is 14.4 Å². The topological polar surface area (TPSA) is 38.9 Å². The molecule has 1 aliphatic rings. The van der Waals surface area contributed by atoms with Crippen LogP contribution in [0, 0.1) is 0 Å². The summed E-state index contributed by atoms with van der Waals surface area (Å²) in [6, 6.07) is 38.4. The Morgan fingerprint density at radius 3 is 1.80 bits per heavy atom. The second-order valence-corrected chi connectivity index (χ2v) is 12.3. The van der Waals surface area contributed by atoms with Crippen molar-refractivity contribution in [1.82, 2.24) is 9.97 Å². The molecule has 0 atom stereocenters. The fraction of sp³-hybridized carbons (Fsp3) is 0.158. The van der Waals surface area contributed by atoms with Crippen LogP contribution < -0.4 is 0 Å². The van der Waals surface area contributed by atoms with Crippen molar-refractivity contribution < 1.29 is 4.42 Å². The van der Waals surface area contributed by atoms with Crippen molar-refractivity contribution in [3.63, 3.8) is 0 Å².